The van der Waals surface area contributed by atoms with Crippen LogP contribution in [0.5, 0.6) is 0 Å². The lowest BCUT2D eigenvalue weighted by molar-refractivity contribution is 0.100. The summed E-state index contributed by atoms with van der Waals surface area (Å²) < 4.78 is 2.02. The third-order valence-electron chi connectivity index (χ3n) is 2.36. The minimum Gasteiger partial charge on any atom is -0.366 e. The molecule has 0 aliphatic heterocycles. The van der Waals surface area contributed by atoms with Crippen LogP contribution in [0.1, 0.15) is 10.4 Å². The lowest BCUT2D eigenvalue weighted by Crippen LogP contribution is -2.10. The molecule has 0 saturated heterocycles. The fourth-order valence-corrected chi connectivity index (χ4v) is 2.11. The molecular weight excluding hydrogens is 327 g/mol. The van der Waals surface area contributed by atoms with Gasteiger partial charge in [-0.05, 0) is 36.4 Å². The van der Waals surface area contributed by atoms with E-state index in [1.807, 2.05) is 45.6 Å². The molecule has 86 valence electrons. The first-order valence-corrected chi connectivity index (χ1v) is 6.06. The van der Waals surface area contributed by atoms with Gasteiger partial charge in [-0.25, -0.2) is 0 Å². The van der Waals surface area contributed by atoms with Crippen molar-refractivity contribution < 1.29 is 4.79 Å². The summed E-state index contributed by atoms with van der Waals surface area (Å²) in [6.07, 6.45) is 0. The van der Waals surface area contributed by atoms with Crippen molar-refractivity contribution >= 4 is 40.1 Å². The first-order valence-electron chi connectivity index (χ1n) is 5.09. The lowest BCUT2D eigenvalue weighted by Gasteiger charge is -2.16. The van der Waals surface area contributed by atoms with E-state index in [-0.39, 0.29) is 0 Å². The Morgan fingerprint density at radius 3 is 2.00 bits per heavy atom. The number of amides is 1. The highest BCUT2D eigenvalue weighted by Gasteiger charge is 2.06. The number of nitrogens with zero attached hydrogens (tertiary/aromatic N) is 1. The van der Waals surface area contributed by atoms with E-state index in [1.54, 1.807) is 12.1 Å². The number of nitrogens with two attached hydrogens (primary N) is 1. The van der Waals surface area contributed by atoms with Crippen LogP contribution in [0.3, 0.4) is 0 Å². The van der Waals surface area contributed by atoms with Crippen molar-refractivity contribution in [2.45, 2.75) is 0 Å². The number of para-hydroxylation sites is 1. The van der Waals surface area contributed by atoms with Crippen LogP contribution < -0.4 is 8.85 Å². The smallest absolute Gasteiger partial charge is 0.248 e. The Bertz CT molecular complexity index is 511. The van der Waals surface area contributed by atoms with Gasteiger partial charge in [-0.15, -0.1) is 0 Å². The normalized spacial score (nSPS) is 9.94. The van der Waals surface area contributed by atoms with Gasteiger partial charge in [0.05, 0.1) is 34.2 Å². The van der Waals surface area contributed by atoms with Crippen molar-refractivity contribution in [1.29, 1.82) is 0 Å². The van der Waals surface area contributed by atoms with Gasteiger partial charge in [-0.1, -0.05) is 18.2 Å². The summed E-state index contributed by atoms with van der Waals surface area (Å²) in [4.78, 5) is 11.0. The SMILES string of the molecule is NC(=O)c1ccc(N(I)c2ccccc2)cc1. The maximum absolute atomic E-state index is 11.0. The van der Waals surface area contributed by atoms with Crippen LogP contribution in [0, 0.1) is 0 Å². The fourth-order valence-electron chi connectivity index (χ4n) is 1.46. The average molecular weight is 338 g/mol. The summed E-state index contributed by atoms with van der Waals surface area (Å²) in [5.41, 5.74) is 7.80. The van der Waals surface area contributed by atoms with Crippen molar-refractivity contribution in [3.8, 4) is 0 Å². The summed E-state index contributed by atoms with van der Waals surface area (Å²) in [7, 11) is 0. The quantitative estimate of drug-likeness (QED) is 0.690. The molecule has 2 aromatic rings. The zero-order chi connectivity index (χ0) is 12.3. The van der Waals surface area contributed by atoms with Crippen LogP contribution in [-0.4, -0.2) is 5.91 Å². The molecule has 0 spiro atoms. The number of halogens is 1. The monoisotopic (exact) mass is 338 g/mol. The predicted molar refractivity (Wildman–Crippen MR) is 77.6 cm³/mol. The highest BCUT2D eigenvalue weighted by molar-refractivity contribution is 14.1. The van der Waals surface area contributed by atoms with Gasteiger partial charge in [0, 0.05) is 5.56 Å². The number of carbonyl (C=O) groups excluding carboxylic acids is 1. The Balaban J connectivity index is 2.26. The third-order valence-corrected chi connectivity index (χ3v) is 3.48. The maximum Gasteiger partial charge on any atom is 0.248 e. The second-order valence-corrected chi connectivity index (χ2v) is 4.49. The Hall–Kier alpha value is -1.56. The molecule has 4 heteroatoms. The molecule has 0 fully saturated rings. The molecule has 2 aromatic carbocycles. The molecule has 0 bridgehead atoms. The van der Waals surface area contributed by atoms with E-state index in [1.165, 1.54) is 0 Å². The molecular formula is C13H11IN2O. The zero-order valence-electron chi connectivity index (χ0n) is 9.01. The standard InChI is InChI=1S/C13H11IN2O/c14-16(11-4-2-1-3-5-11)12-8-6-10(7-9-12)13(15)17/h1-9H,(H2,15,17). The van der Waals surface area contributed by atoms with Crippen LogP contribution >= 0.6 is 22.9 Å². The summed E-state index contributed by atoms with van der Waals surface area (Å²) in [6.45, 7) is 0. The second-order valence-electron chi connectivity index (χ2n) is 3.53. The average Bonchev–Trinajstić information content (AvgIpc) is 2.39. The number of primary amides is 1. The van der Waals surface area contributed by atoms with Gasteiger partial charge >= 0.3 is 0 Å². The molecule has 0 aliphatic rings. The van der Waals surface area contributed by atoms with Gasteiger partial charge in [0.2, 0.25) is 5.91 Å². The number of carbonyl (C=O) groups is 1. The molecule has 0 radical (unpaired) electrons. The largest absolute Gasteiger partial charge is 0.366 e. The van der Waals surface area contributed by atoms with E-state index >= 15 is 0 Å². The molecule has 0 heterocycles. The summed E-state index contributed by atoms with van der Waals surface area (Å²) in [5, 5.41) is 0. The summed E-state index contributed by atoms with van der Waals surface area (Å²) >= 11 is 2.22. The molecule has 3 nitrogen and oxygen atoms in total. The van der Waals surface area contributed by atoms with Crippen LogP contribution in [0.4, 0.5) is 11.4 Å². The van der Waals surface area contributed by atoms with E-state index in [2.05, 4.69) is 22.9 Å². The number of hydrogen-bond acceptors (Lipinski definition) is 2. The molecule has 0 atom stereocenters. The summed E-state index contributed by atoms with van der Waals surface area (Å²) in [5.74, 6) is -0.406. The molecule has 0 unspecified atom stereocenters. The van der Waals surface area contributed by atoms with E-state index in [0.717, 1.165) is 11.4 Å². The lowest BCUT2D eigenvalue weighted by atomic mass is 10.2. The van der Waals surface area contributed by atoms with Gasteiger partial charge in [0.25, 0.3) is 0 Å². The van der Waals surface area contributed by atoms with E-state index in [0.29, 0.717) is 5.56 Å². The molecule has 17 heavy (non-hydrogen) atoms. The number of benzene rings is 2. The van der Waals surface area contributed by atoms with E-state index < -0.39 is 5.91 Å². The van der Waals surface area contributed by atoms with Crippen LogP contribution in [0.25, 0.3) is 0 Å². The zero-order valence-corrected chi connectivity index (χ0v) is 11.2. The molecule has 0 saturated carbocycles. The number of hydrogen-bond donors (Lipinski definition) is 1. The van der Waals surface area contributed by atoms with Crippen molar-refractivity contribution in [3.63, 3.8) is 0 Å². The Morgan fingerprint density at radius 1 is 0.941 bits per heavy atom. The highest BCUT2D eigenvalue weighted by atomic mass is 127. The Kier molecular flexibility index (Phi) is 3.63. The highest BCUT2D eigenvalue weighted by Crippen LogP contribution is 2.28. The number of anilines is 2. The van der Waals surface area contributed by atoms with Crippen LogP contribution in [-0.2, 0) is 0 Å². The predicted octanol–water partition coefficient (Wildman–Crippen LogP) is 3.27. The molecule has 1 amide bonds. The molecule has 2 rings (SSSR count). The minimum atomic E-state index is -0.406. The van der Waals surface area contributed by atoms with Crippen molar-refractivity contribution in [2.24, 2.45) is 5.73 Å². The van der Waals surface area contributed by atoms with Crippen molar-refractivity contribution in [1.82, 2.24) is 0 Å². The van der Waals surface area contributed by atoms with Gasteiger partial charge in [0.15, 0.2) is 0 Å². The van der Waals surface area contributed by atoms with Gasteiger partial charge < -0.3 is 5.73 Å². The number of rotatable bonds is 3. The maximum atomic E-state index is 11.0. The third kappa shape index (κ3) is 2.76. The van der Waals surface area contributed by atoms with Crippen LogP contribution in [0.2, 0.25) is 0 Å². The fraction of sp³-hybridized carbons (Fsp3) is 0. The first kappa shape index (κ1) is 11.9. The van der Waals surface area contributed by atoms with Crippen LogP contribution in [0.15, 0.2) is 54.6 Å². The summed E-state index contributed by atoms with van der Waals surface area (Å²) in [6, 6.07) is 17.2. The minimum absolute atomic E-state index is 0.406. The van der Waals surface area contributed by atoms with E-state index in [4.69, 9.17) is 5.73 Å². The van der Waals surface area contributed by atoms with E-state index in [9.17, 15) is 4.79 Å². The molecule has 2 N–H and O–H groups in total. The second kappa shape index (κ2) is 5.18. The Labute approximate surface area is 114 Å². The van der Waals surface area contributed by atoms with Gasteiger partial charge in [0.1, 0.15) is 0 Å². The van der Waals surface area contributed by atoms with Gasteiger partial charge in [-0.3, -0.25) is 7.91 Å². The molecule has 0 aliphatic carbocycles. The first-order chi connectivity index (χ1) is 8.18. The molecule has 0 aromatic heterocycles. The Morgan fingerprint density at radius 2 is 1.47 bits per heavy atom. The topological polar surface area (TPSA) is 46.3 Å². The van der Waals surface area contributed by atoms with Crippen molar-refractivity contribution in [3.05, 3.63) is 60.2 Å². The van der Waals surface area contributed by atoms with Gasteiger partial charge in [-0.2, -0.15) is 0 Å². The van der Waals surface area contributed by atoms with Crippen molar-refractivity contribution in [2.75, 3.05) is 3.11 Å².